The standard InChI is InChI=1S/C9H14S/c1-2-6-9-8(4-1)5-3-7-10-9/h6,8H,1-5,7H2. The molecule has 2 rings (SSSR count). The maximum absolute atomic E-state index is 2.47. The molecule has 0 saturated carbocycles. The lowest BCUT2D eigenvalue weighted by Crippen LogP contribution is -2.11. The molecule has 1 aliphatic carbocycles. The first kappa shape index (κ1) is 6.78. The molecule has 1 atom stereocenters. The van der Waals surface area contributed by atoms with Gasteiger partial charge in [0.05, 0.1) is 0 Å². The quantitative estimate of drug-likeness (QED) is 0.516. The molecule has 1 unspecified atom stereocenters. The summed E-state index contributed by atoms with van der Waals surface area (Å²) in [5.41, 5.74) is 0. The van der Waals surface area contributed by atoms with Crippen LogP contribution in [-0.4, -0.2) is 5.75 Å². The molecule has 0 amide bonds. The first-order valence-corrected chi connectivity index (χ1v) is 5.28. The summed E-state index contributed by atoms with van der Waals surface area (Å²) in [6.07, 6.45) is 9.65. The van der Waals surface area contributed by atoms with E-state index in [1.54, 1.807) is 4.91 Å². The van der Waals surface area contributed by atoms with E-state index in [0.29, 0.717) is 0 Å². The summed E-state index contributed by atoms with van der Waals surface area (Å²) in [4.78, 5) is 1.72. The molecule has 1 fully saturated rings. The van der Waals surface area contributed by atoms with Crippen molar-refractivity contribution in [2.75, 3.05) is 5.75 Å². The molecule has 0 aromatic rings. The van der Waals surface area contributed by atoms with E-state index >= 15 is 0 Å². The van der Waals surface area contributed by atoms with Crippen LogP contribution < -0.4 is 0 Å². The second-order valence-electron chi connectivity index (χ2n) is 3.23. The van der Waals surface area contributed by atoms with E-state index in [9.17, 15) is 0 Å². The molecule has 0 nitrogen and oxygen atoms in total. The molecule has 1 heteroatoms. The van der Waals surface area contributed by atoms with Crippen molar-refractivity contribution < 1.29 is 0 Å². The highest BCUT2D eigenvalue weighted by Gasteiger charge is 2.20. The number of hydrogen-bond acceptors (Lipinski definition) is 1. The van der Waals surface area contributed by atoms with Crippen molar-refractivity contribution in [2.45, 2.75) is 32.1 Å². The highest BCUT2D eigenvalue weighted by molar-refractivity contribution is 8.03. The fourth-order valence-corrected chi connectivity index (χ4v) is 3.15. The van der Waals surface area contributed by atoms with Gasteiger partial charge in [-0.05, 0) is 48.7 Å². The van der Waals surface area contributed by atoms with Gasteiger partial charge in [0.15, 0.2) is 0 Å². The highest BCUT2D eigenvalue weighted by Crippen LogP contribution is 2.40. The second kappa shape index (κ2) is 3.00. The molecule has 1 saturated heterocycles. The predicted octanol–water partition coefficient (Wildman–Crippen LogP) is 3.20. The molecule has 0 radical (unpaired) electrons. The number of hydrogen-bond donors (Lipinski definition) is 0. The van der Waals surface area contributed by atoms with E-state index in [0.717, 1.165) is 5.92 Å². The number of thioether (sulfide) groups is 1. The molecule has 0 spiro atoms. The lowest BCUT2D eigenvalue weighted by molar-refractivity contribution is 0.486. The van der Waals surface area contributed by atoms with Crippen molar-refractivity contribution >= 4 is 11.8 Å². The van der Waals surface area contributed by atoms with Gasteiger partial charge >= 0.3 is 0 Å². The molecule has 1 aliphatic heterocycles. The second-order valence-corrected chi connectivity index (χ2v) is 4.39. The fraction of sp³-hybridized carbons (Fsp3) is 0.778. The Balaban J connectivity index is 2.08. The summed E-state index contributed by atoms with van der Waals surface area (Å²) in [6, 6.07) is 0. The Morgan fingerprint density at radius 2 is 2.20 bits per heavy atom. The largest absolute Gasteiger partial charge is 0.131 e. The van der Waals surface area contributed by atoms with E-state index in [2.05, 4.69) is 17.8 Å². The van der Waals surface area contributed by atoms with Crippen LogP contribution in [0.3, 0.4) is 0 Å². The summed E-state index contributed by atoms with van der Waals surface area (Å²) in [5, 5.41) is 0. The van der Waals surface area contributed by atoms with Crippen molar-refractivity contribution in [2.24, 2.45) is 5.92 Å². The van der Waals surface area contributed by atoms with E-state index in [1.165, 1.54) is 37.9 Å². The smallest absolute Gasteiger partial charge is 0.00230 e. The summed E-state index contributed by atoms with van der Waals surface area (Å²) < 4.78 is 0. The normalized spacial score (nSPS) is 32.8. The summed E-state index contributed by atoms with van der Waals surface area (Å²) >= 11 is 2.11. The first-order valence-electron chi connectivity index (χ1n) is 4.29. The third-order valence-electron chi connectivity index (χ3n) is 2.47. The number of allylic oxidation sites excluding steroid dienone is 2. The monoisotopic (exact) mass is 154 g/mol. The van der Waals surface area contributed by atoms with Gasteiger partial charge in [-0.2, -0.15) is 0 Å². The van der Waals surface area contributed by atoms with Crippen LogP contribution in [-0.2, 0) is 0 Å². The van der Waals surface area contributed by atoms with Crippen LogP contribution in [0.4, 0.5) is 0 Å². The van der Waals surface area contributed by atoms with Gasteiger partial charge in [0, 0.05) is 0 Å². The van der Waals surface area contributed by atoms with Gasteiger partial charge in [-0.25, -0.2) is 0 Å². The zero-order chi connectivity index (χ0) is 6.81. The van der Waals surface area contributed by atoms with Crippen LogP contribution >= 0.6 is 11.8 Å². The molecular weight excluding hydrogens is 140 g/mol. The summed E-state index contributed by atoms with van der Waals surface area (Å²) in [6.45, 7) is 0. The van der Waals surface area contributed by atoms with Crippen molar-refractivity contribution in [1.82, 2.24) is 0 Å². The van der Waals surface area contributed by atoms with Crippen LogP contribution in [0.5, 0.6) is 0 Å². The minimum absolute atomic E-state index is 0.979. The maximum atomic E-state index is 2.47. The van der Waals surface area contributed by atoms with Crippen molar-refractivity contribution in [3.63, 3.8) is 0 Å². The Morgan fingerprint density at radius 1 is 1.30 bits per heavy atom. The Bertz CT molecular complexity index is 149. The molecule has 0 aromatic carbocycles. The van der Waals surface area contributed by atoms with E-state index in [1.807, 2.05) is 0 Å². The van der Waals surface area contributed by atoms with Gasteiger partial charge in [-0.1, -0.05) is 6.08 Å². The Hall–Kier alpha value is 0.0900. The fourth-order valence-electron chi connectivity index (χ4n) is 1.90. The maximum Gasteiger partial charge on any atom is -0.00230 e. The molecule has 10 heavy (non-hydrogen) atoms. The lowest BCUT2D eigenvalue weighted by Gasteiger charge is -2.27. The molecule has 2 aliphatic rings. The van der Waals surface area contributed by atoms with E-state index in [-0.39, 0.29) is 0 Å². The Morgan fingerprint density at radius 3 is 3.10 bits per heavy atom. The minimum atomic E-state index is 0.979. The van der Waals surface area contributed by atoms with Crippen LogP contribution in [0.1, 0.15) is 32.1 Å². The molecule has 1 heterocycles. The topological polar surface area (TPSA) is 0 Å². The lowest BCUT2D eigenvalue weighted by atomic mass is 9.91. The summed E-state index contributed by atoms with van der Waals surface area (Å²) in [7, 11) is 0. The van der Waals surface area contributed by atoms with Crippen LogP contribution in [0, 0.1) is 5.92 Å². The summed E-state index contributed by atoms with van der Waals surface area (Å²) in [5.74, 6) is 2.36. The highest BCUT2D eigenvalue weighted by atomic mass is 32.2. The Kier molecular flexibility index (Phi) is 2.03. The van der Waals surface area contributed by atoms with Gasteiger partial charge in [0.25, 0.3) is 0 Å². The zero-order valence-electron chi connectivity index (χ0n) is 6.31. The molecule has 0 N–H and O–H groups in total. The third-order valence-corrected chi connectivity index (χ3v) is 3.80. The predicted molar refractivity (Wildman–Crippen MR) is 47.1 cm³/mol. The first-order chi connectivity index (χ1) is 4.97. The SMILES string of the molecule is C1=C2SCCCC2CCC1. The number of rotatable bonds is 0. The van der Waals surface area contributed by atoms with Gasteiger partial charge < -0.3 is 0 Å². The van der Waals surface area contributed by atoms with Crippen molar-refractivity contribution in [3.05, 3.63) is 11.0 Å². The van der Waals surface area contributed by atoms with Gasteiger partial charge in [0.2, 0.25) is 0 Å². The average Bonchev–Trinajstić information content (AvgIpc) is 2.05. The van der Waals surface area contributed by atoms with Crippen LogP contribution in [0.15, 0.2) is 11.0 Å². The van der Waals surface area contributed by atoms with Gasteiger partial charge in [-0.15, -0.1) is 11.8 Å². The zero-order valence-corrected chi connectivity index (χ0v) is 7.12. The Labute approximate surface area is 67.1 Å². The van der Waals surface area contributed by atoms with Crippen molar-refractivity contribution in [3.8, 4) is 0 Å². The average molecular weight is 154 g/mol. The van der Waals surface area contributed by atoms with Crippen LogP contribution in [0.2, 0.25) is 0 Å². The van der Waals surface area contributed by atoms with E-state index < -0.39 is 0 Å². The van der Waals surface area contributed by atoms with E-state index in [4.69, 9.17) is 0 Å². The number of fused-ring (bicyclic) bond motifs is 1. The minimum Gasteiger partial charge on any atom is -0.131 e. The molecule has 0 bridgehead atoms. The molecule has 0 aromatic heterocycles. The van der Waals surface area contributed by atoms with Gasteiger partial charge in [0.1, 0.15) is 0 Å². The van der Waals surface area contributed by atoms with Crippen LogP contribution in [0.25, 0.3) is 0 Å². The van der Waals surface area contributed by atoms with Crippen molar-refractivity contribution in [1.29, 1.82) is 0 Å². The molecular formula is C9H14S. The molecule has 56 valence electrons. The van der Waals surface area contributed by atoms with Gasteiger partial charge in [-0.3, -0.25) is 0 Å². The third kappa shape index (κ3) is 1.24.